The van der Waals surface area contributed by atoms with Gasteiger partial charge in [0.05, 0.1) is 5.69 Å². The lowest BCUT2D eigenvalue weighted by atomic mass is 10.1. The van der Waals surface area contributed by atoms with Crippen molar-refractivity contribution in [1.29, 1.82) is 0 Å². The number of aromatic nitrogens is 1. The van der Waals surface area contributed by atoms with Crippen LogP contribution in [-0.4, -0.2) is 28.9 Å². The third-order valence-corrected chi connectivity index (χ3v) is 4.23. The highest BCUT2D eigenvalue weighted by Crippen LogP contribution is 2.35. The molecule has 0 radical (unpaired) electrons. The smallest absolute Gasteiger partial charge is 0.266 e. The average Bonchev–Trinajstić information content (AvgIpc) is 2.66. The molecule has 5 heteroatoms. The zero-order valence-corrected chi connectivity index (χ0v) is 11.8. The molecule has 0 aliphatic rings. The summed E-state index contributed by atoms with van der Waals surface area (Å²) in [7, 11) is 1.79. The van der Waals surface area contributed by atoms with Gasteiger partial charge in [-0.05, 0) is 32.4 Å². The van der Waals surface area contributed by atoms with E-state index in [-0.39, 0.29) is 11.9 Å². The van der Waals surface area contributed by atoms with Gasteiger partial charge in [0.2, 0.25) is 0 Å². The number of carbonyl (C=O) groups is 1. The van der Waals surface area contributed by atoms with E-state index in [0.717, 1.165) is 15.8 Å². The zero-order chi connectivity index (χ0) is 13.4. The SMILES string of the molecule is Cc1ccnc2sc(C(=O)N(C)C(C)C)c(N)c12. The van der Waals surface area contributed by atoms with Crippen LogP contribution >= 0.6 is 11.3 Å². The molecule has 0 aliphatic heterocycles. The fourth-order valence-corrected chi connectivity index (χ4v) is 2.88. The number of nitrogens with two attached hydrogens (primary N) is 1. The number of anilines is 1. The molecule has 0 spiro atoms. The van der Waals surface area contributed by atoms with Crippen molar-refractivity contribution in [1.82, 2.24) is 9.88 Å². The second-order valence-electron chi connectivity index (χ2n) is 4.66. The summed E-state index contributed by atoms with van der Waals surface area (Å²) >= 11 is 1.36. The van der Waals surface area contributed by atoms with E-state index in [1.54, 1.807) is 18.1 Å². The molecular formula is C13H17N3OS. The topological polar surface area (TPSA) is 59.2 Å². The first kappa shape index (κ1) is 12.8. The molecule has 2 aromatic heterocycles. The standard InChI is InChI=1S/C13H17N3OS/c1-7(2)16(4)13(17)11-10(14)9-8(3)5-6-15-12(9)18-11/h5-7H,14H2,1-4H3. The minimum atomic E-state index is -0.0371. The van der Waals surface area contributed by atoms with E-state index in [1.807, 2.05) is 26.8 Å². The quantitative estimate of drug-likeness (QED) is 0.906. The van der Waals surface area contributed by atoms with Gasteiger partial charge in [0, 0.05) is 24.7 Å². The molecule has 2 heterocycles. The zero-order valence-electron chi connectivity index (χ0n) is 11.0. The molecule has 1 amide bonds. The Hall–Kier alpha value is -1.62. The molecule has 0 bridgehead atoms. The molecule has 0 saturated carbocycles. The van der Waals surface area contributed by atoms with Crippen molar-refractivity contribution < 1.29 is 4.79 Å². The number of amides is 1. The maximum absolute atomic E-state index is 12.3. The van der Waals surface area contributed by atoms with Crippen LogP contribution in [0.4, 0.5) is 5.69 Å². The largest absolute Gasteiger partial charge is 0.397 e. The number of carbonyl (C=O) groups excluding carboxylic acids is 1. The van der Waals surface area contributed by atoms with Gasteiger partial charge < -0.3 is 10.6 Å². The molecule has 0 aliphatic carbocycles. The van der Waals surface area contributed by atoms with Crippen molar-refractivity contribution in [2.45, 2.75) is 26.8 Å². The van der Waals surface area contributed by atoms with Crippen LogP contribution in [0.5, 0.6) is 0 Å². The third-order valence-electron chi connectivity index (χ3n) is 3.13. The molecule has 96 valence electrons. The average molecular weight is 263 g/mol. The number of hydrogen-bond acceptors (Lipinski definition) is 4. The van der Waals surface area contributed by atoms with Crippen LogP contribution < -0.4 is 5.73 Å². The predicted molar refractivity (Wildman–Crippen MR) is 76.0 cm³/mol. The van der Waals surface area contributed by atoms with E-state index in [2.05, 4.69) is 4.98 Å². The minimum Gasteiger partial charge on any atom is -0.397 e. The Balaban J connectivity index is 2.56. The lowest BCUT2D eigenvalue weighted by Gasteiger charge is -2.20. The van der Waals surface area contributed by atoms with E-state index in [0.29, 0.717) is 10.6 Å². The number of aryl methyl sites for hydroxylation is 1. The van der Waals surface area contributed by atoms with Gasteiger partial charge in [0.1, 0.15) is 9.71 Å². The minimum absolute atomic E-state index is 0.0371. The molecule has 2 rings (SSSR count). The van der Waals surface area contributed by atoms with Crippen molar-refractivity contribution in [3.63, 3.8) is 0 Å². The fraction of sp³-hybridized carbons (Fsp3) is 0.385. The van der Waals surface area contributed by atoms with Crippen LogP contribution in [0.2, 0.25) is 0 Å². The van der Waals surface area contributed by atoms with E-state index in [9.17, 15) is 4.79 Å². The normalized spacial score (nSPS) is 11.2. The summed E-state index contributed by atoms with van der Waals surface area (Å²) < 4.78 is 0. The number of rotatable bonds is 2. The number of nitrogen functional groups attached to an aromatic ring is 1. The molecular weight excluding hydrogens is 246 g/mol. The second kappa shape index (κ2) is 4.57. The van der Waals surface area contributed by atoms with Crippen LogP contribution in [0.3, 0.4) is 0 Å². The number of pyridine rings is 1. The van der Waals surface area contributed by atoms with E-state index in [4.69, 9.17) is 5.73 Å². The van der Waals surface area contributed by atoms with Gasteiger partial charge in [0.15, 0.2) is 0 Å². The Morgan fingerprint density at radius 3 is 2.72 bits per heavy atom. The maximum Gasteiger partial charge on any atom is 0.266 e. The fourth-order valence-electron chi connectivity index (χ4n) is 1.76. The lowest BCUT2D eigenvalue weighted by molar-refractivity contribution is 0.0761. The van der Waals surface area contributed by atoms with Gasteiger partial charge in [0.25, 0.3) is 5.91 Å². The molecule has 2 N–H and O–H groups in total. The van der Waals surface area contributed by atoms with Gasteiger partial charge in [-0.25, -0.2) is 4.98 Å². The molecule has 18 heavy (non-hydrogen) atoms. The van der Waals surface area contributed by atoms with Crippen LogP contribution in [0.25, 0.3) is 10.2 Å². The van der Waals surface area contributed by atoms with Gasteiger partial charge in [-0.2, -0.15) is 0 Å². The van der Waals surface area contributed by atoms with E-state index >= 15 is 0 Å². The summed E-state index contributed by atoms with van der Waals surface area (Å²) in [6.45, 7) is 5.93. The van der Waals surface area contributed by atoms with Gasteiger partial charge in [-0.1, -0.05) is 0 Å². The van der Waals surface area contributed by atoms with Crippen molar-refractivity contribution in [2.24, 2.45) is 0 Å². The van der Waals surface area contributed by atoms with Crippen molar-refractivity contribution in [2.75, 3.05) is 12.8 Å². The highest BCUT2D eigenvalue weighted by molar-refractivity contribution is 7.21. The first-order valence-electron chi connectivity index (χ1n) is 5.84. The van der Waals surface area contributed by atoms with Crippen LogP contribution in [0.1, 0.15) is 29.1 Å². The first-order chi connectivity index (χ1) is 8.43. The Bertz CT molecular complexity index is 604. The highest BCUT2D eigenvalue weighted by atomic mass is 32.1. The van der Waals surface area contributed by atoms with Crippen LogP contribution in [0.15, 0.2) is 12.3 Å². The summed E-state index contributed by atoms with van der Waals surface area (Å²) in [4.78, 5) is 19.7. The summed E-state index contributed by atoms with van der Waals surface area (Å²) in [6.07, 6.45) is 1.74. The molecule has 0 aromatic carbocycles. The monoisotopic (exact) mass is 263 g/mol. The Kier molecular flexibility index (Phi) is 3.26. The summed E-state index contributed by atoms with van der Waals surface area (Å²) in [6, 6.07) is 2.06. The molecule has 4 nitrogen and oxygen atoms in total. The Labute approximate surface area is 110 Å². The van der Waals surface area contributed by atoms with Crippen LogP contribution in [-0.2, 0) is 0 Å². The van der Waals surface area contributed by atoms with Crippen molar-refractivity contribution >= 4 is 33.1 Å². The van der Waals surface area contributed by atoms with Crippen molar-refractivity contribution in [3.05, 3.63) is 22.7 Å². The summed E-state index contributed by atoms with van der Waals surface area (Å²) in [5, 5.41) is 0.906. The Morgan fingerprint density at radius 1 is 1.50 bits per heavy atom. The van der Waals surface area contributed by atoms with E-state index < -0.39 is 0 Å². The second-order valence-corrected chi connectivity index (χ2v) is 5.66. The van der Waals surface area contributed by atoms with Gasteiger partial charge >= 0.3 is 0 Å². The van der Waals surface area contributed by atoms with Crippen LogP contribution in [0, 0.1) is 6.92 Å². The van der Waals surface area contributed by atoms with Gasteiger partial charge in [-0.3, -0.25) is 4.79 Å². The van der Waals surface area contributed by atoms with Gasteiger partial charge in [-0.15, -0.1) is 11.3 Å². The highest BCUT2D eigenvalue weighted by Gasteiger charge is 2.22. The van der Waals surface area contributed by atoms with E-state index in [1.165, 1.54) is 11.3 Å². The summed E-state index contributed by atoms with van der Waals surface area (Å²) in [5.74, 6) is -0.0371. The lowest BCUT2D eigenvalue weighted by Crippen LogP contribution is -2.32. The number of hydrogen-bond donors (Lipinski definition) is 1. The summed E-state index contributed by atoms with van der Waals surface area (Å²) in [5.41, 5.74) is 7.71. The molecule has 0 fully saturated rings. The Morgan fingerprint density at radius 2 is 2.17 bits per heavy atom. The maximum atomic E-state index is 12.3. The van der Waals surface area contributed by atoms with Crippen molar-refractivity contribution in [3.8, 4) is 0 Å². The molecule has 0 atom stereocenters. The third kappa shape index (κ3) is 1.95. The number of nitrogens with zero attached hydrogens (tertiary/aromatic N) is 2. The first-order valence-corrected chi connectivity index (χ1v) is 6.66. The molecule has 2 aromatic rings. The molecule has 0 unspecified atom stereocenters. The predicted octanol–water partition coefficient (Wildman–Crippen LogP) is 2.67. The number of thiophene rings is 1. The molecule has 0 saturated heterocycles. The number of fused-ring (bicyclic) bond motifs is 1.